The van der Waals surface area contributed by atoms with E-state index in [1.165, 1.54) is 7.11 Å². The Morgan fingerprint density at radius 3 is 2.73 bits per heavy atom. The average molecular weight is 306 g/mol. The number of carbonyl (C=O) groups excluding carboxylic acids is 2. The minimum Gasteiger partial charge on any atom is -0.467 e. The molecule has 0 heterocycles. The standard InChI is InChI=1S/C16H22N2O4/c1-21-14(19)16(9-5-8-13(17)10-16)18-15(20)22-11-12-6-3-2-4-7-12/h2-4,6-7,13H,5,8-11,17H2,1H3,(H,18,20). The molecule has 1 aromatic carbocycles. The third kappa shape index (κ3) is 3.98. The van der Waals surface area contributed by atoms with E-state index in [1.807, 2.05) is 30.3 Å². The van der Waals surface area contributed by atoms with Gasteiger partial charge in [0, 0.05) is 6.04 Å². The van der Waals surface area contributed by atoms with Crippen molar-refractivity contribution < 1.29 is 19.1 Å². The Morgan fingerprint density at radius 1 is 1.36 bits per heavy atom. The number of methoxy groups -OCH3 is 1. The van der Waals surface area contributed by atoms with Gasteiger partial charge in [0.25, 0.3) is 0 Å². The maximum atomic E-state index is 12.1. The highest BCUT2D eigenvalue weighted by Crippen LogP contribution is 2.29. The summed E-state index contributed by atoms with van der Waals surface area (Å²) >= 11 is 0. The quantitative estimate of drug-likeness (QED) is 0.827. The largest absolute Gasteiger partial charge is 0.467 e. The Labute approximate surface area is 130 Å². The summed E-state index contributed by atoms with van der Waals surface area (Å²) in [7, 11) is 1.31. The normalized spacial score (nSPS) is 24.4. The molecule has 3 N–H and O–H groups in total. The highest BCUT2D eigenvalue weighted by Gasteiger charge is 2.44. The Bertz CT molecular complexity index is 520. The van der Waals surface area contributed by atoms with Gasteiger partial charge in [-0.05, 0) is 31.2 Å². The van der Waals surface area contributed by atoms with Crippen LogP contribution in [0.4, 0.5) is 4.79 Å². The molecule has 6 heteroatoms. The maximum absolute atomic E-state index is 12.1. The smallest absolute Gasteiger partial charge is 0.408 e. The summed E-state index contributed by atoms with van der Waals surface area (Å²) in [6.45, 7) is 0.149. The lowest BCUT2D eigenvalue weighted by Crippen LogP contribution is -2.59. The van der Waals surface area contributed by atoms with Crippen LogP contribution in [0, 0.1) is 0 Å². The molecule has 1 saturated carbocycles. The molecule has 0 radical (unpaired) electrons. The van der Waals surface area contributed by atoms with E-state index >= 15 is 0 Å². The molecule has 1 aromatic rings. The second-order valence-electron chi connectivity index (χ2n) is 5.62. The Balaban J connectivity index is 1.98. The molecule has 2 unspecified atom stereocenters. The minimum atomic E-state index is -1.08. The van der Waals surface area contributed by atoms with Crippen LogP contribution < -0.4 is 11.1 Å². The van der Waals surface area contributed by atoms with Crippen molar-refractivity contribution in [2.45, 2.75) is 43.9 Å². The number of rotatable bonds is 4. The van der Waals surface area contributed by atoms with Crippen molar-refractivity contribution in [3.63, 3.8) is 0 Å². The number of nitrogens with two attached hydrogens (primary N) is 1. The average Bonchev–Trinajstić information content (AvgIpc) is 2.53. The van der Waals surface area contributed by atoms with E-state index in [9.17, 15) is 9.59 Å². The fraction of sp³-hybridized carbons (Fsp3) is 0.500. The lowest BCUT2D eigenvalue weighted by atomic mass is 9.79. The highest BCUT2D eigenvalue weighted by molar-refractivity contribution is 5.86. The Kier molecular flexibility index (Phi) is 5.38. The molecular formula is C16H22N2O4. The van der Waals surface area contributed by atoms with E-state index in [0.29, 0.717) is 12.8 Å². The number of esters is 1. The number of carbonyl (C=O) groups is 2. The molecule has 6 nitrogen and oxygen atoms in total. The first-order valence-electron chi connectivity index (χ1n) is 7.38. The maximum Gasteiger partial charge on any atom is 0.408 e. The third-order valence-corrected chi connectivity index (χ3v) is 3.92. The van der Waals surface area contributed by atoms with Crippen molar-refractivity contribution >= 4 is 12.1 Å². The van der Waals surface area contributed by atoms with Crippen LogP contribution in [0.25, 0.3) is 0 Å². The molecule has 0 spiro atoms. The van der Waals surface area contributed by atoms with Crippen LogP contribution in [0.1, 0.15) is 31.2 Å². The van der Waals surface area contributed by atoms with Gasteiger partial charge < -0.3 is 20.5 Å². The first-order valence-corrected chi connectivity index (χ1v) is 7.38. The van der Waals surface area contributed by atoms with Crippen LogP contribution >= 0.6 is 0 Å². The topological polar surface area (TPSA) is 90.6 Å². The fourth-order valence-electron chi connectivity index (χ4n) is 2.82. The van der Waals surface area contributed by atoms with E-state index in [0.717, 1.165) is 18.4 Å². The molecule has 1 fully saturated rings. The predicted octanol–water partition coefficient (Wildman–Crippen LogP) is 1.73. The Hall–Kier alpha value is -2.08. The summed E-state index contributed by atoms with van der Waals surface area (Å²) < 4.78 is 10.0. The monoisotopic (exact) mass is 306 g/mol. The van der Waals surface area contributed by atoms with Crippen LogP contribution in [-0.4, -0.2) is 30.8 Å². The number of hydrogen-bond acceptors (Lipinski definition) is 5. The lowest BCUT2D eigenvalue weighted by Gasteiger charge is -2.37. The van der Waals surface area contributed by atoms with Gasteiger partial charge in [0.2, 0.25) is 0 Å². The molecule has 0 aromatic heterocycles. The van der Waals surface area contributed by atoms with E-state index in [-0.39, 0.29) is 12.6 Å². The zero-order valence-electron chi connectivity index (χ0n) is 12.7. The summed E-state index contributed by atoms with van der Waals surface area (Å²) in [4.78, 5) is 24.1. The van der Waals surface area contributed by atoms with Gasteiger partial charge >= 0.3 is 12.1 Å². The molecule has 1 aliphatic carbocycles. The number of amides is 1. The SMILES string of the molecule is COC(=O)C1(NC(=O)OCc2ccccc2)CCCC(N)C1. The van der Waals surface area contributed by atoms with Crippen LogP contribution in [0.5, 0.6) is 0 Å². The van der Waals surface area contributed by atoms with Gasteiger partial charge in [-0.2, -0.15) is 0 Å². The first-order chi connectivity index (χ1) is 10.6. The summed E-state index contributed by atoms with van der Waals surface area (Å²) in [5.41, 5.74) is 5.74. The minimum absolute atomic E-state index is 0.137. The summed E-state index contributed by atoms with van der Waals surface area (Å²) in [6.07, 6.45) is 1.83. The molecule has 0 aliphatic heterocycles. The Morgan fingerprint density at radius 2 is 2.09 bits per heavy atom. The number of benzene rings is 1. The number of alkyl carbamates (subject to hydrolysis) is 1. The summed E-state index contributed by atoms with van der Waals surface area (Å²) in [6, 6.07) is 9.21. The molecule has 0 bridgehead atoms. The van der Waals surface area contributed by atoms with Crippen molar-refractivity contribution in [1.82, 2.24) is 5.32 Å². The second-order valence-corrected chi connectivity index (χ2v) is 5.62. The van der Waals surface area contributed by atoms with Gasteiger partial charge in [-0.15, -0.1) is 0 Å². The fourth-order valence-corrected chi connectivity index (χ4v) is 2.82. The molecule has 2 rings (SSSR count). The van der Waals surface area contributed by atoms with Gasteiger partial charge in [-0.1, -0.05) is 30.3 Å². The molecule has 120 valence electrons. The van der Waals surface area contributed by atoms with Gasteiger partial charge in [0.1, 0.15) is 12.1 Å². The van der Waals surface area contributed by atoms with Crippen molar-refractivity contribution in [1.29, 1.82) is 0 Å². The highest BCUT2D eigenvalue weighted by atomic mass is 16.6. The molecule has 1 amide bonds. The van der Waals surface area contributed by atoms with Crippen molar-refractivity contribution in [3.8, 4) is 0 Å². The van der Waals surface area contributed by atoms with E-state index in [4.69, 9.17) is 15.2 Å². The van der Waals surface area contributed by atoms with Gasteiger partial charge in [0.05, 0.1) is 7.11 Å². The third-order valence-electron chi connectivity index (χ3n) is 3.92. The van der Waals surface area contributed by atoms with E-state index in [2.05, 4.69) is 5.32 Å². The van der Waals surface area contributed by atoms with Gasteiger partial charge in [-0.25, -0.2) is 9.59 Å². The molecule has 1 aliphatic rings. The predicted molar refractivity (Wildman–Crippen MR) is 81.0 cm³/mol. The molecule has 22 heavy (non-hydrogen) atoms. The van der Waals surface area contributed by atoms with Crippen molar-refractivity contribution in [2.24, 2.45) is 5.73 Å². The molecule has 2 atom stereocenters. The first kappa shape index (κ1) is 16.3. The number of ether oxygens (including phenoxy) is 2. The van der Waals surface area contributed by atoms with Crippen LogP contribution in [-0.2, 0) is 20.9 Å². The van der Waals surface area contributed by atoms with E-state index < -0.39 is 17.6 Å². The number of nitrogens with one attached hydrogen (secondary N) is 1. The van der Waals surface area contributed by atoms with E-state index in [1.54, 1.807) is 0 Å². The summed E-state index contributed by atoms with van der Waals surface area (Å²) in [5, 5.41) is 2.67. The number of hydrogen-bond donors (Lipinski definition) is 2. The van der Waals surface area contributed by atoms with Crippen LogP contribution in [0.3, 0.4) is 0 Å². The zero-order valence-corrected chi connectivity index (χ0v) is 12.7. The van der Waals surface area contributed by atoms with Crippen molar-refractivity contribution in [2.75, 3.05) is 7.11 Å². The molecular weight excluding hydrogens is 284 g/mol. The second kappa shape index (κ2) is 7.26. The van der Waals surface area contributed by atoms with Gasteiger partial charge in [0.15, 0.2) is 0 Å². The zero-order chi connectivity index (χ0) is 16.0. The van der Waals surface area contributed by atoms with Gasteiger partial charge in [-0.3, -0.25) is 0 Å². The van der Waals surface area contributed by atoms with Crippen LogP contribution in [0.2, 0.25) is 0 Å². The lowest BCUT2D eigenvalue weighted by molar-refractivity contribution is -0.150. The van der Waals surface area contributed by atoms with Crippen molar-refractivity contribution in [3.05, 3.63) is 35.9 Å². The summed E-state index contributed by atoms with van der Waals surface area (Å²) in [5.74, 6) is -0.473. The van der Waals surface area contributed by atoms with Crippen LogP contribution in [0.15, 0.2) is 30.3 Å². The molecule has 0 saturated heterocycles.